The Hall–Kier alpha value is -2.55. The number of benzene rings is 1. The standard InChI is InChI=1S/C15H17N3O3/c1-15(2)13(19)18(14(20)17-15)8-5-9-21-12-7-4-3-6-11(12)10-16/h3-4,6-7H,5,8-9H2,1-2H3,(H,17,20). The van der Waals surface area contributed by atoms with E-state index in [0.717, 1.165) is 0 Å². The molecule has 2 rings (SSSR count). The van der Waals surface area contributed by atoms with Gasteiger partial charge in [-0.05, 0) is 32.4 Å². The predicted molar refractivity (Wildman–Crippen MR) is 75.6 cm³/mol. The summed E-state index contributed by atoms with van der Waals surface area (Å²) in [4.78, 5) is 24.8. The molecule has 1 aliphatic rings. The Morgan fingerprint density at radius 3 is 2.67 bits per heavy atom. The molecule has 1 saturated heterocycles. The third-order valence-electron chi connectivity index (χ3n) is 3.24. The van der Waals surface area contributed by atoms with Crippen LogP contribution in [0.25, 0.3) is 0 Å². The van der Waals surface area contributed by atoms with E-state index in [2.05, 4.69) is 5.32 Å². The molecular weight excluding hydrogens is 270 g/mol. The Kier molecular flexibility index (Phi) is 4.13. The Morgan fingerprint density at radius 2 is 2.05 bits per heavy atom. The van der Waals surface area contributed by atoms with Crippen LogP contribution in [0.3, 0.4) is 0 Å². The summed E-state index contributed by atoms with van der Waals surface area (Å²) in [5, 5.41) is 11.6. The van der Waals surface area contributed by atoms with Crippen LogP contribution < -0.4 is 10.1 Å². The van der Waals surface area contributed by atoms with Gasteiger partial charge in [-0.3, -0.25) is 9.69 Å². The first-order valence-corrected chi connectivity index (χ1v) is 6.72. The van der Waals surface area contributed by atoms with E-state index in [1.807, 2.05) is 6.07 Å². The van der Waals surface area contributed by atoms with Gasteiger partial charge in [0.25, 0.3) is 5.91 Å². The highest BCUT2D eigenvalue weighted by atomic mass is 16.5. The number of nitrogens with one attached hydrogen (secondary N) is 1. The zero-order chi connectivity index (χ0) is 15.5. The molecule has 0 atom stereocenters. The summed E-state index contributed by atoms with van der Waals surface area (Å²) in [5.74, 6) is 0.280. The van der Waals surface area contributed by atoms with Crippen LogP contribution in [0.15, 0.2) is 24.3 Å². The first-order chi connectivity index (χ1) is 9.95. The molecule has 1 aromatic carbocycles. The van der Waals surface area contributed by atoms with Crippen molar-refractivity contribution < 1.29 is 14.3 Å². The average Bonchev–Trinajstić information content (AvgIpc) is 2.65. The van der Waals surface area contributed by atoms with Gasteiger partial charge in [0.15, 0.2) is 0 Å². The largest absolute Gasteiger partial charge is 0.492 e. The Labute approximate surface area is 123 Å². The number of urea groups is 1. The molecule has 110 valence electrons. The lowest BCUT2D eigenvalue weighted by Gasteiger charge is -2.16. The van der Waals surface area contributed by atoms with Crippen molar-refractivity contribution in [1.82, 2.24) is 10.2 Å². The molecule has 0 spiro atoms. The number of carbonyl (C=O) groups is 2. The molecule has 6 nitrogen and oxygen atoms in total. The van der Waals surface area contributed by atoms with Crippen LogP contribution in [0, 0.1) is 11.3 Å². The van der Waals surface area contributed by atoms with Gasteiger partial charge in [-0.2, -0.15) is 5.26 Å². The molecular formula is C15H17N3O3. The van der Waals surface area contributed by atoms with E-state index in [1.165, 1.54) is 4.90 Å². The summed E-state index contributed by atoms with van der Waals surface area (Å²) in [6.45, 7) is 3.97. The van der Waals surface area contributed by atoms with Gasteiger partial charge in [0.1, 0.15) is 17.4 Å². The van der Waals surface area contributed by atoms with Gasteiger partial charge < -0.3 is 10.1 Å². The van der Waals surface area contributed by atoms with E-state index in [4.69, 9.17) is 10.00 Å². The lowest BCUT2D eigenvalue weighted by Crippen LogP contribution is -2.40. The number of ether oxygens (including phenoxy) is 1. The second kappa shape index (κ2) is 5.83. The SMILES string of the molecule is CC1(C)NC(=O)N(CCCOc2ccccc2C#N)C1=O. The molecule has 0 saturated carbocycles. The summed E-state index contributed by atoms with van der Waals surface area (Å²) in [7, 11) is 0. The van der Waals surface area contributed by atoms with Gasteiger partial charge in [-0.25, -0.2) is 4.79 Å². The van der Waals surface area contributed by atoms with Gasteiger partial charge in [-0.15, -0.1) is 0 Å². The smallest absolute Gasteiger partial charge is 0.325 e. The van der Waals surface area contributed by atoms with Crippen molar-refractivity contribution in [1.29, 1.82) is 5.26 Å². The molecule has 0 bridgehead atoms. The Morgan fingerprint density at radius 1 is 1.33 bits per heavy atom. The van der Waals surface area contributed by atoms with Crippen LogP contribution in [-0.4, -0.2) is 35.5 Å². The van der Waals surface area contributed by atoms with Crippen molar-refractivity contribution in [2.75, 3.05) is 13.2 Å². The monoisotopic (exact) mass is 287 g/mol. The number of amides is 3. The number of nitrogens with zero attached hydrogens (tertiary/aromatic N) is 2. The van der Waals surface area contributed by atoms with Crippen LogP contribution in [-0.2, 0) is 4.79 Å². The van der Waals surface area contributed by atoms with E-state index >= 15 is 0 Å². The maximum Gasteiger partial charge on any atom is 0.325 e. The van der Waals surface area contributed by atoms with E-state index in [1.54, 1.807) is 38.1 Å². The molecule has 0 aliphatic carbocycles. The summed E-state index contributed by atoms with van der Waals surface area (Å²) >= 11 is 0. The van der Waals surface area contributed by atoms with Crippen LogP contribution >= 0.6 is 0 Å². The second-order valence-corrected chi connectivity index (χ2v) is 5.32. The maximum absolute atomic E-state index is 12.0. The first kappa shape index (κ1) is 14.9. The fraction of sp³-hybridized carbons (Fsp3) is 0.400. The number of imide groups is 1. The van der Waals surface area contributed by atoms with Crippen molar-refractivity contribution in [2.45, 2.75) is 25.8 Å². The zero-order valence-corrected chi connectivity index (χ0v) is 12.0. The fourth-order valence-electron chi connectivity index (χ4n) is 2.11. The molecule has 0 radical (unpaired) electrons. The predicted octanol–water partition coefficient (Wildman–Crippen LogP) is 1.66. The van der Waals surface area contributed by atoms with Crippen LogP contribution in [0.1, 0.15) is 25.8 Å². The molecule has 0 aromatic heterocycles. The molecule has 21 heavy (non-hydrogen) atoms. The summed E-state index contributed by atoms with van der Waals surface area (Å²) in [6, 6.07) is 8.62. The summed E-state index contributed by atoms with van der Waals surface area (Å²) in [6.07, 6.45) is 0.509. The number of rotatable bonds is 5. The second-order valence-electron chi connectivity index (χ2n) is 5.32. The van der Waals surface area contributed by atoms with Crippen molar-refractivity contribution in [3.05, 3.63) is 29.8 Å². The van der Waals surface area contributed by atoms with Gasteiger partial charge >= 0.3 is 6.03 Å². The third kappa shape index (κ3) is 3.14. The van der Waals surface area contributed by atoms with Crippen molar-refractivity contribution >= 4 is 11.9 Å². The molecule has 0 unspecified atom stereocenters. The summed E-state index contributed by atoms with van der Waals surface area (Å²) < 4.78 is 5.52. The number of nitriles is 1. The van der Waals surface area contributed by atoms with E-state index < -0.39 is 5.54 Å². The van der Waals surface area contributed by atoms with E-state index in [-0.39, 0.29) is 11.9 Å². The van der Waals surface area contributed by atoms with Crippen LogP contribution in [0.5, 0.6) is 5.75 Å². The molecule has 1 fully saturated rings. The normalized spacial score (nSPS) is 16.5. The highest BCUT2D eigenvalue weighted by molar-refractivity contribution is 6.06. The average molecular weight is 287 g/mol. The molecule has 6 heteroatoms. The van der Waals surface area contributed by atoms with Crippen LogP contribution in [0.4, 0.5) is 4.79 Å². The topological polar surface area (TPSA) is 82.4 Å². The number of para-hydroxylation sites is 1. The van der Waals surface area contributed by atoms with Crippen LogP contribution in [0.2, 0.25) is 0 Å². The molecule has 1 N–H and O–H groups in total. The quantitative estimate of drug-likeness (QED) is 0.659. The molecule has 3 amide bonds. The molecule has 1 heterocycles. The van der Waals surface area contributed by atoms with Gasteiger partial charge in [0.2, 0.25) is 0 Å². The van der Waals surface area contributed by atoms with Crippen molar-refractivity contribution in [2.24, 2.45) is 0 Å². The number of hydrogen-bond donors (Lipinski definition) is 1. The minimum absolute atomic E-state index is 0.232. The maximum atomic E-state index is 12.0. The first-order valence-electron chi connectivity index (χ1n) is 6.72. The van der Waals surface area contributed by atoms with Gasteiger partial charge in [-0.1, -0.05) is 12.1 Å². The molecule has 1 aliphatic heterocycles. The lowest BCUT2D eigenvalue weighted by atomic mass is 10.1. The number of hydrogen-bond acceptors (Lipinski definition) is 4. The molecule has 1 aromatic rings. The van der Waals surface area contributed by atoms with Gasteiger partial charge in [0.05, 0.1) is 12.2 Å². The summed E-state index contributed by atoms with van der Waals surface area (Å²) in [5.41, 5.74) is -0.376. The number of carbonyl (C=O) groups excluding carboxylic acids is 2. The highest BCUT2D eigenvalue weighted by Crippen LogP contribution is 2.18. The Balaban J connectivity index is 1.85. The minimum Gasteiger partial charge on any atom is -0.492 e. The van der Waals surface area contributed by atoms with Gasteiger partial charge in [0, 0.05) is 6.54 Å². The Bertz CT molecular complexity index is 604. The minimum atomic E-state index is -0.842. The third-order valence-corrected chi connectivity index (χ3v) is 3.24. The van der Waals surface area contributed by atoms with E-state index in [0.29, 0.717) is 30.9 Å². The zero-order valence-electron chi connectivity index (χ0n) is 12.0. The van der Waals surface area contributed by atoms with Crippen molar-refractivity contribution in [3.8, 4) is 11.8 Å². The van der Waals surface area contributed by atoms with Crippen molar-refractivity contribution in [3.63, 3.8) is 0 Å². The fourth-order valence-corrected chi connectivity index (χ4v) is 2.11. The van der Waals surface area contributed by atoms with E-state index in [9.17, 15) is 9.59 Å². The highest BCUT2D eigenvalue weighted by Gasteiger charge is 2.43. The lowest BCUT2D eigenvalue weighted by molar-refractivity contribution is -0.130.